The third-order valence-electron chi connectivity index (χ3n) is 2.59. The van der Waals surface area contributed by atoms with Crippen molar-refractivity contribution in [3.63, 3.8) is 0 Å². The van der Waals surface area contributed by atoms with Crippen LogP contribution < -0.4 is 0 Å². The van der Waals surface area contributed by atoms with Gasteiger partial charge in [0.1, 0.15) is 5.60 Å². The van der Waals surface area contributed by atoms with E-state index in [4.69, 9.17) is 16.3 Å². The van der Waals surface area contributed by atoms with Gasteiger partial charge in [-0.05, 0) is 64.3 Å². The van der Waals surface area contributed by atoms with Crippen molar-refractivity contribution in [3.05, 3.63) is 44.9 Å². The number of hydrogen-bond donors (Lipinski definition) is 0. The summed E-state index contributed by atoms with van der Waals surface area (Å²) < 4.78 is 6.34. The van der Waals surface area contributed by atoms with Gasteiger partial charge in [-0.2, -0.15) is 0 Å². The summed E-state index contributed by atoms with van der Waals surface area (Å²) in [5, 5.41) is 0.719. The van der Waals surface area contributed by atoms with Crippen molar-refractivity contribution in [2.45, 2.75) is 46.1 Å². The molecule has 110 valence electrons. The summed E-state index contributed by atoms with van der Waals surface area (Å²) in [5.74, 6) is -0.261. The zero-order valence-electron chi connectivity index (χ0n) is 12.3. The van der Waals surface area contributed by atoms with Crippen LogP contribution in [0.15, 0.2) is 34.3 Å². The van der Waals surface area contributed by atoms with Crippen molar-refractivity contribution >= 4 is 33.5 Å². The lowest BCUT2D eigenvalue weighted by atomic mass is 10.1. The Kier molecular flexibility index (Phi) is 6.28. The summed E-state index contributed by atoms with van der Waals surface area (Å²) in [5.41, 5.74) is 1.31. The molecular weight excluding hydrogens is 340 g/mol. The fraction of sp³-hybridized carbons (Fsp3) is 0.438. The Morgan fingerprint density at radius 1 is 1.40 bits per heavy atom. The molecule has 1 aromatic carbocycles. The highest BCUT2D eigenvalue weighted by Crippen LogP contribution is 2.22. The summed E-state index contributed by atoms with van der Waals surface area (Å²) in [4.78, 5) is 11.8. The molecule has 0 saturated heterocycles. The van der Waals surface area contributed by atoms with Crippen molar-refractivity contribution in [2.75, 3.05) is 0 Å². The number of hydrogen-bond acceptors (Lipinski definition) is 2. The van der Waals surface area contributed by atoms with E-state index in [2.05, 4.69) is 15.9 Å². The van der Waals surface area contributed by atoms with Gasteiger partial charge in [0.2, 0.25) is 0 Å². The molecule has 0 bridgehead atoms. The van der Waals surface area contributed by atoms with Gasteiger partial charge in [0.15, 0.2) is 0 Å². The van der Waals surface area contributed by atoms with Crippen LogP contribution in [0.4, 0.5) is 0 Å². The van der Waals surface area contributed by atoms with Gasteiger partial charge in [-0.3, -0.25) is 0 Å². The van der Waals surface area contributed by atoms with Gasteiger partial charge in [0.05, 0.1) is 0 Å². The predicted octanol–water partition coefficient (Wildman–Crippen LogP) is 5.32. The van der Waals surface area contributed by atoms with E-state index in [9.17, 15) is 4.79 Å². The van der Waals surface area contributed by atoms with E-state index >= 15 is 0 Å². The van der Waals surface area contributed by atoms with E-state index < -0.39 is 5.60 Å². The second kappa shape index (κ2) is 7.28. The summed E-state index contributed by atoms with van der Waals surface area (Å²) in [6.45, 7) is 7.37. The number of benzene rings is 1. The SMILES string of the molecule is C/C(=C\CCc1cc(Cl)ccc1Br)C(=O)OC(C)(C)C. The molecule has 4 heteroatoms. The van der Waals surface area contributed by atoms with E-state index in [1.807, 2.05) is 45.0 Å². The number of halogens is 2. The molecule has 2 nitrogen and oxygen atoms in total. The minimum atomic E-state index is -0.456. The smallest absolute Gasteiger partial charge is 0.333 e. The van der Waals surface area contributed by atoms with Crippen molar-refractivity contribution < 1.29 is 9.53 Å². The summed E-state index contributed by atoms with van der Waals surface area (Å²) in [7, 11) is 0. The fourth-order valence-corrected chi connectivity index (χ4v) is 2.26. The third kappa shape index (κ3) is 6.10. The van der Waals surface area contributed by atoms with Crippen molar-refractivity contribution in [2.24, 2.45) is 0 Å². The van der Waals surface area contributed by atoms with Gasteiger partial charge in [0, 0.05) is 15.1 Å². The van der Waals surface area contributed by atoms with Gasteiger partial charge < -0.3 is 4.74 Å². The van der Waals surface area contributed by atoms with E-state index in [-0.39, 0.29) is 5.97 Å². The zero-order valence-corrected chi connectivity index (χ0v) is 14.6. The highest BCUT2D eigenvalue weighted by Gasteiger charge is 2.17. The molecule has 0 radical (unpaired) electrons. The minimum Gasteiger partial charge on any atom is -0.457 e. The van der Waals surface area contributed by atoms with Crippen molar-refractivity contribution in [3.8, 4) is 0 Å². The van der Waals surface area contributed by atoms with Crippen LogP contribution in [0.3, 0.4) is 0 Å². The molecule has 0 saturated carbocycles. The topological polar surface area (TPSA) is 26.3 Å². The minimum absolute atomic E-state index is 0.261. The molecule has 0 aliphatic rings. The number of aryl methyl sites for hydroxylation is 1. The first kappa shape index (κ1) is 17.3. The summed E-state index contributed by atoms with van der Waals surface area (Å²) >= 11 is 9.47. The van der Waals surface area contributed by atoms with E-state index in [1.165, 1.54) is 0 Å². The first-order chi connectivity index (χ1) is 9.19. The van der Waals surface area contributed by atoms with Gasteiger partial charge in [-0.25, -0.2) is 4.79 Å². The molecule has 0 fully saturated rings. The van der Waals surface area contributed by atoms with E-state index in [0.29, 0.717) is 5.57 Å². The first-order valence-corrected chi connectivity index (χ1v) is 7.70. The Hall–Kier alpha value is -0.800. The van der Waals surface area contributed by atoms with Gasteiger partial charge in [-0.1, -0.05) is 33.6 Å². The van der Waals surface area contributed by atoms with Gasteiger partial charge in [-0.15, -0.1) is 0 Å². The van der Waals surface area contributed by atoms with Crippen LogP contribution in [-0.2, 0) is 16.0 Å². The molecule has 1 rings (SSSR count). The lowest BCUT2D eigenvalue weighted by Gasteiger charge is -2.19. The number of esters is 1. The van der Waals surface area contributed by atoms with Gasteiger partial charge in [0.25, 0.3) is 0 Å². The third-order valence-corrected chi connectivity index (χ3v) is 3.60. The number of allylic oxidation sites excluding steroid dienone is 1. The standard InChI is InChI=1S/C16H20BrClO2/c1-11(15(19)20-16(2,3)4)6-5-7-12-10-13(18)8-9-14(12)17/h6,8-10H,5,7H2,1-4H3/b11-6+. The normalized spacial score (nSPS) is 12.4. The maximum Gasteiger partial charge on any atom is 0.333 e. The van der Waals surface area contributed by atoms with Crippen LogP contribution >= 0.6 is 27.5 Å². The zero-order chi connectivity index (χ0) is 15.3. The van der Waals surface area contributed by atoms with Crippen LogP contribution in [0.25, 0.3) is 0 Å². The lowest BCUT2D eigenvalue weighted by molar-refractivity contribution is -0.149. The molecular formula is C16H20BrClO2. The second-order valence-corrected chi connectivity index (χ2v) is 6.95. The Balaban J connectivity index is 2.60. The summed E-state index contributed by atoms with van der Waals surface area (Å²) in [6.07, 6.45) is 3.49. The molecule has 0 N–H and O–H groups in total. The summed E-state index contributed by atoms with van der Waals surface area (Å²) in [6, 6.07) is 5.71. The quantitative estimate of drug-likeness (QED) is 0.537. The van der Waals surface area contributed by atoms with Crippen molar-refractivity contribution in [1.82, 2.24) is 0 Å². The number of carbonyl (C=O) groups is 1. The Labute approximate surface area is 134 Å². The molecule has 0 aliphatic heterocycles. The fourth-order valence-electron chi connectivity index (χ4n) is 1.62. The molecule has 0 amide bonds. The molecule has 20 heavy (non-hydrogen) atoms. The molecule has 0 heterocycles. The maximum absolute atomic E-state index is 11.8. The number of rotatable bonds is 4. The van der Waals surface area contributed by atoms with Crippen molar-refractivity contribution in [1.29, 1.82) is 0 Å². The van der Waals surface area contributed by atoms with Crippen LogP contribution in [0.5, 0.6) is 0 Å². The molecule has 0 spiro atoms. The second-order valence-electron chi connectivity index (χ2n) is 5.66. The van der Waals surface area contributed by atoms with E-state index in [1.54, 1.807) is 6.92 Å². The van der Waals surface area contributed by atoms with Crippen LogP contribution in [-0.4, -0.2) is 11.6 Å². The molecule has 0 aromatic heterocycles. The van der Waals surface area contributed by atoms with Crippen LogP contribution in [0, 0.1) is 0 Å². The number of ether oxygens (including phenoxy) is 1. The highest BCUT2D eigenvalue weighted by atomic mass is 79.9. The predicted molar refractivity (Wildman–Crippen MR) is 87.1 cm³/mol. The Morgan fingerprint density at radius 2 is 2.05 bits per heavy atom. The average Bonchev–Trinajstić information content (AvgIpc) is 2.31. The highest BCUT2D eigenvalue weighted by molar-refractivity contribution is 9.10. The molecule has 0 aliphatic carbocycles. The first-order valence-electron chi connectivity index (χ1n) is 6.53. The van der Waals surface area contributed by atoms with E-state index in [0.717, 1.165) is 27.9 Å². The molecule has 1 aromatic rings. The molecule has 0 unspecified atom stereocenters. The largest absolute Gasteiger partial charge is 0.457 e. The van der Waals surface area contributed by atoms with Crippen LogP contribution in [0.1, 0.15) is 39.7 Å². The molecule has 0 atom stereocenters. The Morgan fingerprint density at radius 3 is 2.65 bits per heavy atom. The van der Waals surface area contributed by atoms with Crippen LogP contribution in [0.2, 0.25) is 5.02 Å². The van der Waals surface area contributed by atoms with Gasteiger partial charge >= 0.3 is 5.97 Å². The monoisotopic (exact) mass is 358 g/mol. The Bertz CT molecular complexity index is 516. The lowest BCUT2D eigenvalue weighted by Crippen LogP contribution is -2.24. The maximum atomic E-state index is 11.8. The average molecular weight is 360 g/mol. The number of carbonyl (C=O) groups excluding carboxylic acids is 1.